The van der Waals surface area contributed by atoms with Crippen LogP contribution in [0.25, 0.3) is 0 Å². The maximum absolute atomic E-state index is 13.0. The van der Waals surface area contributed by atoms with E-state index in [1.807, 2.05) is 0 Å². The van der Waals surface area contributed by atoms with E-state index in [1.54, 1.807) is 0 Å². The summed E-state index contributed by atoms with van der Waals surface area (Å²) < 4.78 is 30.8. The molecule has 0 unspecified atom stereocenters. The van der Waals surface area contributed by atoms with Gasteiger partial charge in [-0.25, -0.2) is 8.78 Å². The van der Waals surface area contributed by atoms with E-state index >= 15 is 0 Å². The second-order valence-electron chi connectivity index (χ2n) is 2.89. The molecule has 0 fully saturated rings. The summed E-state index contributed by atoms with van der Waals surface area (Å²) in [6, 6.07) is 0. The Kier molecular flexibility index (Phi) is 2.85. The predicted octanol–water partition coefficient (Wildman–Crippen LogP) is 1.79. The number of aliphatic carboxylic acids is 1. The minimum absolute atomic E-state index is 0.209. The van der Waals surface area contributed by atoms with Crippen LogP contribution >= 0.6 is 0 Å². The first kappa shape index (κ1) is 9.95. The molecule has 0 amide bonds. The molecule has 0 aromatic carbocycles. The third-order valence-electron chi connectivity index (χ3n) is 1.78. The molecule has 1 rings (SSSR count). The molecule has 74 valence electrons. The molecule has 0 saturated carbocycles. The number of allylic oxidation sites excluding steroid dienone is 1. The van der Waals surface area contributed by atoms with Gasteiger partial charge < -0.3 is 9.84 Å². The van der Waals surface area contributed by atoms with Gasteiger partial charge in [-0.2, -0.15) is 0 Å². The summed E-state index contributed by atoms with van der Waals surface area (Å²) in [6.07, 6.45) is 0.538. The predicted molar refractivity (Wildman–Crippen MR) is 40.5 cm³/mol. The minimum Gasteiger partial charge on any atom is -0.501 e. The molecule has 5 heteroatoms. The average Bonchev–Trinajstić information content (AvgIpc) is 2.04. The minimum atomic E-state index is -3.27. The molecule has 0 bridgehead atoms. The summed E-state index contributed by atoms with van der Waals surface area (Å²) in [5, 5.41) is 8.23. The lowest BCUT2D eigenvalue weighted by Crippen LogP contribution is -2.25. The Morgan fingerprint density at radius 3 is 2.85 bits per heavy atom. The fraction of sp³-hybridized carbons (Fsp3) is 0.625. The summed E-state index contributed by atoms with van der Waals surface area (Å²) in [7, 11) is 0. The topological polar surface area (TPSA) is 46.5 Å². The Labute approximate surface area is 74.0 Å². The van der Waals surface area contributed by atoms with Crippen molar-refractivity contribution in [2.75, 3.05) is 6.61 Å². The maximum Gasteiger partial charge on any atom is 0.309 e. The number of hydrogen-bond donors (Lipinski definition) is 1. The molecule has 1 aliphatic heterocycles. The molecule has 1 heterocycles. The van der Waals surface area contributed by atoms with Gasteiger partial charge in [-0.3, -0.25) is 4.79 Å². The first-order valence-electron chi connectivity index (χ1n) is 3.93. The van der Waals surface area contributed by atoms with Crippen molar-refractivity contribution in [1.82, 2.24) is 0 Å². The highest BCUT2D eigenvalue weighted by molar-refractivity contribution is 5.68. The number of halogens is 2. The van der Waals surface area contributed by atoms with Crippen molar-refractivity contribution in [3.63, 3.8) is 0 Å². The van der Waals surface area contributed by atoms with Crippen LogP contribution in [-0.2, 0) is 9.53 Å². The molecule has 3 nitrogen and oxygen atoms in total. The second-order valence-corrected chi connectivity index (χ2v) is 2.89. The number of alkyl halides is 2. The molecular formula is C8H10F2O3. The summed E-state index contributed by atoms with van der Waals surface area (Å²) in [5.41, 5.74) is -0.221. The number of carboxylic acids is 1. The van der Waals surface area contributed by atoms with Gasteiger partial charge in [0.15, 0.2) is 0 Å². The molecule has 0 spiro atoms. The van der Waals surface area contributed by atoms with Gasteiger partial charge in [0.1, 0.15) is 6.42 Å². The van der Waals surface area contributed by atoms with Gasteiger partial charge >= 0.3 is 5.97 Å². The third-order valence-corrected chi connectivity index (χ3v) is 1.78. The number of hydrogen-bond acceptors (Lipinski definition) is 2. The lowest BCUT2D eigenvalue weighted by Gasteiger charge is -2.21. The van der Waals surface area contributed by atoms with E-state index in [1.165, 1.54) is 0 Å². The zero-order valence-corrected chi connectivity index (χ0v) is 6.93. The third kappa shape index (κ3) is 2.68. The van der Waals surface area contributed by atoms with Gasteiger partial charge in [-0.1, -0.05) is 0 Å². The van der Waals surface area contributed by atoms with Crippen LogP contribution in [-0.4, -0.2) is 23.6 Å². The Bertz CT molecular complexity index is 236. The van der Waals surface area contributed by atoms with Crippen molar-refractivity contribution in [3.05, 3.63) is 11.8 Å². The molecule has 0 radical (unpaired) electrons. The van der Waals surface area contributed by atoms with Gasteiger partial charge in [0.05, 0.1) is 12.9 Å². The zero-order valence-electron chi connectivity index (χ0n) is 6.93. The molecule has 0 aromatic heterocycles. The Morgan fingerprint density at radius 2 is 2.38 bits per heavy atom. The van der Waals surface area contributed by atoms with Crippen LogP contribution in [0.2, 0.25) is 0 Å². The van der Waals surface area contributed by atoms with Gasteiger partial charge in [-0.05, 0) is 12.8 Å². The summed E-state index contributed by atoms with van der Waals surface area (Å²) in [6.45, 7) is 0.423. The van der Waals surface area contributed by atoms with Crippen molar-refractivity contribution in [2.24, 2.45) is 0 Å². The van der Waals surface area contributed by atoms with Crippen LogP contribution in [0, 0.1) is 0 Å². The zero-order chi connectivity index (χ0) is 9.90. The Hall–Kier alpha value is -1.13. The molecule has 1 N–H and O–H groups in total. The van der Waals surface area contributed by atoms with E-state index in [4.69, 9.17) is 9.84 Å². The molecule has 13 heavy (non-hydrogen) atoms. The number of carbonyl (C=O) groups is 1. The van der Waals surface area contributed by atoms with Crippen LogP contribution in [0.4, 0.5) is 8.78 Å². The SMILES string of the molecule is O=C(O)CC(F)(F)C1=COCCC1. The largest absolute Gasteiger partial charge is 0.501 e. The van der Waals surface area contributed by atoms with Crippen LogP contribution in [0.1, 0.15) is 19.3 Å². The summed E-state index contributed by atoms with van der Waals surface area (Å²) in [5.74, 6) is -4.77. The Morgan fingerprint density at radius 1 is 1.69 bits per heavy atom. The van der Waals surface area contributed by atoms with E-state index in [9.17, 15) is 13.6 Å². The van der Waals surface area contributed by atoms with Crippen LogP contribution < -0.4 is 0 Å². The fourth-order valence-corrected chi connectivity index (χ4v) is 1.14. The molecule has 0 aromatic rings. The molecule has 0 aliphatic carbocycles. The van der Waals surface area contributed by atoms with Gasteiger partial charge in [0, 0.05) is 5.57 Å². The van der Waals surface area contributed by atoms with Crippen molar-refractivity contribution in [1.29, 1.82) is 0 Å². The molecule has 0 saturated heterocycles. The first-order valence-corrected chi connectivity index (χ1v) is 3.93. The molecule has 1 aliphatic rings. The first-order chi connectivity index (χ1) is 6.02. The van der Waals surface area contributed by atoms with Gasteiger partial charge in [0.2, 0.25) is 0 Å². The highest BCUT2D eigenvalue weighted by Crippen LogP contribution is 2.32. The van der Waals surface area contributed by atoms with E-state index in [0.717, 1.165) is 6.26 Å². The normalized spacial score (nSPS) is 17.5. The quantitative estimate of drug-likeness (QED) is 0.741. The van der Waals surface area contributed by atoms with Crippen molar-refractivity contribution in [3.8, 4) is 0 Å². The Balaban J connectivity index is 2.66. The molecular weight excluding hydrogens is 182 g/mol. The standard InChI is InChI=1S/C8H10F2O3/c9-8(10,4-7(11)12)6-2-1-3-13-5-6/h5H,1-4H2,(H,11,12). The van der Waals surface area contributed by atoms with E-state index in [2.05, 4.69) is 0 Å². The second kappa shape index (κ2) is 3.72. The van der Waals surface area contributed by atoms with E-state index in [0.29, 0.717) is 13.0 Å². The van der Waals surface area contributed by atoms with E-state index < -0.39 is 18.3 Å². The van der Waals surface area contributed by atoms with E-state index in [-0.39, 0.29) is 12.0 Å². The van der Waals surface area contributed by atoms with Crippen molar-refractivity contribution in [2.45, 2.75) is 25.2 Å². The van der Waals surface area contributed by atoms with Crippen LogP contribution in [0.3, 0.4) is 0 Å². The lowest BCUT2D eigenvalue weighted by molar-refractivity contribution is -0.143. The average molecular weight is 192 g/mol. The number of carboxylic acid groups (broad SMARTS) is 1. The van der Waals surface area contributed by atoms with Crippen LogP contribution in [0.15, 0.2) is 11.8 Å². The maximum atomic E-state index is 13.0. The number of rotatable bonds is 3. The highest BCUT2D eigenvalue weighted by Gasteiger charge is 2.37. The summed E-state index contributed by atoms with van der Waals surface area (Å²) in [4.78, 5) is 10.1. The van der Waals surface area contributed by atoms with Crippen LogP contribution in [0.5, 0.6) is 0 Å². The highest BCUT2D eigenvalue weighted by atomic mass is 19.3. The van der Waals surface area contributed by atoms with Crippen molar-refractivity contribution >= 4 is 5.97 Å². The summed E-state index contributed by atoms with van der Waals surface area (Å²) >= 11 is 0. The monoisotopic (exact) mass is 192 g/mol. The van der Waals surface area contributed by atoms with Gasteiger partial charge in [-0.15, -0.1) is 0 Å². The fourth-order valence-electron chi connectivity index (χ4n) is 1.14. The smallest absolute Gasteiger partial charge is 0.309 e. The lowest BCUT2D eigenvalue weighted by atomic mass is 10.0. The van der Waals surface area contributed by atoms with Crippen molar-refractivity contribution < 1.29 is 23.4 Å². The molecule has 0 atom stereocenters. The van der Waals surface area contributed by atoms with Gasteiger partial charge in [0.25, 0.3) is 5.92 Å². The number of ether oxygens (including phenoxy) is 1.